The molecule has 0 aliphatic heterocycles. The molecule has 0 atom stereocenters. The van der Waals surface area contributed by atoms with E-state index in [9.17, 15) is 8.42 Å². The summed E-state index contributed by atoms with van der Waals surface area (Å²) in [5.41, 5.74) is 1.68. The fourth-order valence-electron chi connectivity index (χ4n) is 1.83. The van der Waals surface area contributed by atoms with Gasteiger partial charge in [0, 0.05) is 25.2 Å². The maximum Gasteiger partial charge on any atom is 0.260 e. The van der Waals surface area contributed by atoms with Crippen LogP contribution >= 0.6 is 11.3 Å². The van der Waals surface area contributed by atoms with Crippen LogP contribution in [0.4, 0.5) is 0 Å². The van der Waals surface area contributed by atoms with Gasteiger partial charge in [0.25, 0.3) is 10.0 Å². The molecular weight excluding hydrogens is 308 g/mol. The van der Waals surface area contributed by atoms with Gasteiger partial charge in [-0.3, -0.25) is 0 Å². The van der Waals surface area contributed by atoms with Crippen LogP contribution in [0, 0.1) is 6.92 Å². The lowest BCUT2D eigenvalue weighted by molar-refractivity contribution is 0.460. The lowest BCUT2D eigenvalue weighted by Gasteiger charge is -2.15. The van der Waals surface area contributed by atoms with E-state index in [1.54, 1.807) is 12.3 Å². The van der Waals surface area contributed by atoms with Crippen molar-refractivity contribution in [2.24, 2.45) is 0 Å². The summed E-state index contributed by atoms with van der Waals surface area (Å²) in [7, 11) is -0.231. The highest BCUT2D eigenvalue weighted by atomic mass is 32.2. The Morgan fingerprint density at radius 1 is 1.38 bits per heavy atom. The molecule has 0 aliphatic rings. The minimum atomic E-state index is -3.59. The summed E-state index contributed by atoms with van der Waals surface area (Å²) in [6.07, 6.45) is 1.57. The lowest BCUT2D eigenvalue weighted by atomic mass is 10.3. The van der Waals surface area contributed by atoms with Gasteiger partial charge in [-0.05, 0) is 25.6 Å². The first kappa shape index (κ1) is 16.0. The Bertz CT molecular complexity index is 695. The van der Waals surface area contributed by atoms with Crippen molar-refractivity contribution in [1.82, 2.24) is 19.6 Å². The molecule has 0 saturated carbocycles. The Morgan fingerprint density at radius 2 is 2.14 bits per heavy atom. The standard InChI is InChI=1S/C13H18N4O2S2/c1-10-16-12(9-20-10)8-17(3)21(18,19)13-5-4-11(6-14-2)7-15-13/h4-5,7,9,14H,6,8H2,1-3H3. The summed E-state index contributed by atoms with van der Waals surface area (Å²) in [6, 6.07) is 3.29. The SMILES string of the molecule is CNCc1ccc(S(=O)(=O)N(C)Cc2csc(C)n2)nc1. The summed E-state index contributed by atoms with van der Waals surface area (Å²) in [6.45, 7) is 2.79. The molecule has 0 unspecified atom stereocenters. The van der Waals surface area contributed by atoms with Crippen LogP contribution in [-0.4, -0.2) is 36.8 Å². The highest BCUT2D eigenvalue weighted by Crippen LogP contribution is 2.16. The molecule has 0 amide bonds. The van der Waals surface area contributed by atoms with E-state index in [1.165, 1.54) is 28.8 Å². The molecule has 0 fully saturated rings. The number of nitrogens with one attached hydrogen (secondary N) is 1. The van der Waals surface area contributed by atoms with Crippen LogP contribution in [0.15, 0.2) is 28.7 Å². The van der Waals surface area contributed by atoms with E-state index in [1.807, 2.05) is 19.4 Å². The molecule has 0 saturated heterocycles. The van der Waals surface area contributed by atoms with Crippen LogP contribution in [0.2, 0.25) is 0 Å². The zero-order valence-corrected chi connectivity index (χ0v) is 13.8. The average Bonchev–Trinajstić information content (AvgIpc) is 2.85. The molecule has 21 heavy (non-hydrogen) atoms. The van der Waals surface area contributed by atoms with Gasteiger partial charge in [0.1, 0.15) is 0 Å². The lowest BCUT2D eigenvalue weighted by Crippen LogP contribution is -2.27. The van der Waals surface area contributed by atoms with Gasteiger partial charge >= 0.3 is 0 Å². The third kappa shape index (κ3) is 3.85. The molecule has 6 nitrogen and oxygen atoms in total. The highest BCUT2D eigenvalue weighted by Gasteiger charge is 2.22. The fraction of sp³-hybridized carbons (Fsp3) is 0.385. The van der Waals surface area contributed by atoms with E-state index >= 15 is 0 Å². The number of nitrogens with zero attached hydrogens (tertiary/aromatic N) is 3. The normalized spacial score (nSPS) is 12.0. The Labute approximate surface area is 128 Å². The largest absolute Gasteiger partial charge is 0.316 e. The minimum absolute atomic E-state index is 0.0526. The number of aryl methyl sites for hydroxylation is 1. The molecule has 0 radical (unpaired) electrons. The highest BCUT2D eigenvalue weighted by molar-refractivity contribution is 7.89. The summed E-state index contributed by atoms with van der Waals surface area (Å²) in [4.78, 5) is 8.33. The van der Waals surface area contributed by atoms with Gasteiger partial charge in [-0.15, -0.1) is 11.3 Å². The Hall–Kier alpha value is -1.35. The van der Waals surface area contributed by atoms with E-state index in [2.05, 4.69) is 15.3 Å². The topological polar surface area (TPSA) is 75.2 Å². The Kier molecular flexibility index (Phi) is 5.04. The van der Waals surface area contributed by atoms with Crippen molar-refractivity contribution in [1.29, 1.82) is 0 Å². The zero-order valence-electron chi connectivity index (χ0n) is 12.2. The smallest absolute Gasteiger partial charge is 0.260 e. The van der Waals surface area contributed by atoms with Gasteiger partial charge < -0.3 is 5.32 Å². The van der Waals surface area contributed by atoms with Crippen molar-refractivity contribution in [2.75, 3.05) is 14.1 Å². The van der Waals surface area contributed by atoms with Crippen molar-refractivity contribution >= 4 is 21.4 Å². The number of thiazole rings is 1. The summed E-state index contributed by atoms with van der Waals surface area (Å²) < 4.78 is 26.1. The fourth-order valence-corrected chi connectivity index (χ4v) is 3.48. The van der Waals surface area contributed by atoms with Crippen LogP contribution in [0.25, 0.3) is 0 Å². The quantitative estimate of drug-likeness (QED) is 0.868. The van der Waals surface area contributed by atoms with E-state index < -0.39 is 10.0 Å². The number of pyridine rings is 1. The molecular formula is C13H18N4O2S2. The Balaban J connectivity index is 2.16. The number of rotatable bonds is 6. The molecule has 2 rings (SSSR count). The van der Waals surface area contributed by atoms with E-state index in [0.29, 0.717) is 6.54 Å². The van der Waals surface area contributed by atoms with Crippen LogP contribution in [-0.2, 0) is 23.1 Å². The first-order valence-electron chi connectivity index (χ1n) is 6.40. The predicted molar refractivity (Wildman–Crippen MR) is 82.5 cm³/mol. The molecule has 2 heterocycles. The number of hydrogen-bond donors (Lipinski definition) is 1. The third-order valence-electron chi connectivity index (χ3n) is 2.90. The summed E-state index contributed by atoms with van der Waals surface area (Å²) >= 11 is 1.51. The van der Waals surface area contributed by atoms with Crippen LogP contribution < -0.4 is 5.32 Å². The van der Waals surface area contributed by atoms with Crippen LogP contribution in [0.1, 0.15) is 16.3 Å². The van der Waals surface area contributed by atoms with Crippen molar-refractivity contribution in [3.63, 3.8) is 0 Å². The molecule has 0 aromatic carbocycles. The first-order chi connectivity index (χ1) is 9.93. The average molecular weight is 326 g/mol. The van der Waals surface area contributed by atoms with Crippen molar-refractivity contribution in [3.8, 4) is 0 Å². The number of hydrogen-bond acceptors (Lipinski definition) is 6. The molecule has 1 N–H and O–H groups in total. The van der Waals surface area contributed by atoms with Crippen molar-refractivity contribution in [3.05, 3.63) is 40.0 Å². The van der Waals surface area contributed by atoms with Gasteiger partial charge in [0.2, 0.25) is 0 Å². The summed E-state index contributed by atoms with van der Waals surface area (Å²) in [5, 5.41) is 5.83. The monoisotopic (exact) mass is 326 g/mol. The first-order valence-corrected chi connectivity index (χ1v) is 8.72. The number of sulfonamides is 1. The second kappa shape index (κ2) is 6.61. The van der Waals surface area contributed by atoms with Gasteiger partial charge in [-0.2, -0.15) is 4.31 Å². The molecule has 114 valence electrons. The number of aromatic nitrogens is 2. The van der Waals surface area contributed by atoms with Crippen molar-refractivity contribution < 1.29 is 8.42 Å². The van der Waals surface area contributed by atoms with E-state index in [4.69, 9.17) is 0 Å². The van der Waals surface area contributed by atoms with Crippen LogP contribution in [0.5, 0.6) is 0 Å². The summed E-state index contributed by atoms with van der Waals surface area (Å²) in [5.74, 6) is 0. The molecule has 2 aromatic heterocycles. The molecule has 0 bridgehead atoms. The zero-order chi connectivity index (χ0) is 15.5. The third-order valence-corrected chi connectivity index (χ3v) is 5.45. The second-order valence-corrected chi connectivity index (χ2v) is 7.71. The molecule has 0 aliphatic carbocycles. The van der Waals surface area contributed by atoms with Crippen molar-refractivity contribution in [2.45, 2.75) is 25.0 Å². The van der Waals surface area contributed by atoms with E-state index in [0.717, 1.165) is 16.3 Å². The second-order valence-electron chi connectivity index (χ2n) is 4.65. The van der Waals surface area contributed by atoms with Gasteiger partial charge in [-0.1, -0.05) is 6.07 Å². The van der Waals surface area contributed by atoms with E-state index in [-0.39, 0.29) is 11.6 Å². The van der Waals surface area contributed by atoms with Gasteiger partial charge in [0.15, 0.2) is 5.03 Å². The Morgan fingerprint density at radius 3 is 2.67 bits per heavy atom. The van der Waals surface area contributed by atoms with Crippen LogP contribution in [0.3, 0.4) is 0 Å². The molecule has 8 heteroatoms. The predicted octanol–water partition coefficient (Wildman–Crippen LogP) is 1.39. The molecule has 0 spiro atoms. The maximum atomic E-state index is 12.4. The van der Waals surface area contributed by atoms with Gasteiger partial charge in [0.05, 0.1) is 17.2 Å². The molecule has 2 aromatic rings. The minimum Gasteiger partial charge on any atom is -0.316 e. The van der Waals surface area contributed by atoms with Gasteiger partial charge in [-0.25, -0.2) is 18.4 Å². The maximum absolute atomic E-state index is 12.4.